The van der Waals surface area contributed by atoms with E-state index in [-0.39, 0.29) is 11.9 Å². The van der Waals surface area contributed by atoms with Crippen molar-refractivity contribution in [2.75, 3.05) is 27.2 Å². The molecule has 3 nitrogen and oxygen atoms in total. The summed E-state index contributed by atoms with van der Waals surface area (Å²) in [7, 11) is 4.30. The molecule has 42 heavy (non-hydrogen) atoms. The predicted octanol–water partition coefficient (Wildman–Crippen LogP) is 12.3. The SMILES string of the molecule is CCCCCC=CCC=CCCCCCCCCC1(CCCCCCCCCCCCCC)OCC(CCN(C)C)O1. The third-order valence-electron chi connectivity index (χ3n) is 8.98. The molecule has 1 heterocycles. The quantitative estimate of drug-likeness (QED) is 0.0593. The van der Waals surface area contributed by atoms with Crippen molar-refractivity contribution in [2.45, 2.75) is 199 Å². The number of unbranched alkanes of at least 4 members (excludes halogenated alkanes) is 20. The topological polar surface area (TPSA) is 21.7 Å². The number of nitrogens with zero attached hydrogens (tertiary/aromatic N) is 1. The zero-order valence-electron chi connectivity index (χ0n) is 29.2. The lowest BCUT2D eigenvalue weighted by molar-refractivity contribution is -0.180. The molecule has 0 saturated carbocycles. The molecular weight excluding hydrogens is 514 g/mol. The van der Waals surface area contributed by atoms with Crippen LogP contribution in [0.3, 0.4) is 0 Å². The van der Waals surface area contributed by atoms with Crippen LogP contribution in [0.2, 0.25) is 0 Å². The van der Waals surface area contributed by atoms with Crippen molar-refractivity contribution in [3.63, 3.8) is 0 Å². The molecular formula is C39H75NO2. The first-order valence-corrected chi connectivity index (χ1v) is 18.9. The highest BCUT2D eigenvalue weighted by atomic mass is 16.7. The maximum Gasteiger partial charge on any atom is 0.168 e. The van der Waals surface area contributed by atoms with Gasteiger partial charge in [0.2, 0.25) is 0 Å². The lowest BCUT2D eigenvalue weighted by Crippen LogP contribution is -2.31. The number of rotatable bonds is 31. The van der Waals surface area contributed by atoms with E-state index in [0.29, 0.717) is 0 Å². The highest BCUT2D eigenvalue weighted by Gasteiger charge is 2.40. The van der Waals surface area contributed by atoms with E-state index in [1.54, 1.807) is 0 Å². The number of hydrogen-bond acceptors (Lipinski definition) is 3. The second kappa shape index (κ2) is 29.1. The molecule has 248 valence electrons. The molecule has 2 unspecified atom stereocenters. The van der Waals surface area contributed by atoms with Gasteiger partial charge in [-0.05, 0) is 65.5 Å². The van der Waals surface area contributed by atoms with E-state index >= 15 is 0 Å². The Balaban J connectivity index is 2.16. The van der Waals surface area contributed by atoms with Gasteiger partial charge in [0.25, 0.3) is 0 Å². The van der Waals surface area contributed by atoms with Crippen molar-refractivity contribution < 1.29 is 9.47 Å². The highest BCUT2D eigenvalue weighted by molar-refractivity contribution is 4.92. The Bertz CT molecular complexity index is 616. The lowest BCUT2D eigenvalue weighted by atomic mass is 9.98. The van der Waals surface area contributed by atoms with Gasteiger partial charge in [-0.2, -0.15) is 0 Å². The average Bonchev–Trinajstić information content (AvgIpc) is 3.39. The Morgan fingerprint density at radius 3 is 1.50 bits per heavy atom. The fourth-order valence-corrected chi connectivity index (χ4v) is 6.17. The minimum absolute atomic E-state index is 0.273. The largest absolute Gasteiger partial charge is 0.347 e. The van der Waals surface area contributed by atoms with Gasteiger partial charge < -0.3 is 14.4 Å². The van der Waals surface area contributed by atoms with Crippen LogP contribution in [0.4, 0.5) is 0 Å². The minimum atomic E-state index is -0.301. The van der Waals surface area contributed by atoms with Gasteiger partial charge in [-0.3, -0.25) is 0 Å². The Labute approximate surface area is 264 Å². The average molecular weight is 590 g/mol. The molecule has 0 N–H and O–H groups in total. The van der Waals surface area contributed by atoms with E-state index in [9.17, 15) is 0 Å². The van der Waals surface area contributed by atoms with Crippen molar-refractivity contribution in [2.24, 2.45) is 0 Å². The van der Waals surface area contributed by atoms with Gasteiger partial charge >= 0.3 is 0 Å². The van der Waals surface area contributed by atoms with Crippen LogP contribution in [-0.4, -0.2) is 44.0 Å². The highest BCUT2D eigenvalue weighted by Crippen LogP contribution is 2.35. The van der Waals surface area contributed by atoms with Crippen LogP contribution in [0.5, 0.6) is 0 Å². The molecule has 0 radical (unpaired) electrons. The van der Waals surface area contributed by atoms with Crippen molar-refractivity contribution in [1.29, 1.82) is 0 Å². The molecule has 1 rings (SSSR count). The first kappa shape index (κ1) is 39.4. The first-order chi connectivity index (χ1) is 20.6. The maximum atomic E-state index is 6.66. The molecule has 0 aromatic carbocycles. The van der Waals surface area contributed by atoms with Crippen molar-refractivity contribution in [3.05, 3.63) is 24.3 Å². The molecule has 1 aliphatic heterocycles. The van der Waals surface area contributed by atoms with Gasteiger partial charge in [0.1, 0.15) is 0 Å². The van der Waals surface area contributed by atoms with Crippen LogP contribution >= 0.6 is 0 Å². The van der Waals surface area contributed by atoms with E-state index in [1.807, 2.05) is 0 Å². The van der Waals surface area contributed by atoms with Gasteiger partial charge in [-0.25, -0.2) is 0 Å². The van der Waals surface area contributed by atoms with Gasteiger partial charge in [-0.15, -0.1) is 0 Å². The second-order valence-electron chi connectivity index (χ2n) is 13.5. The van der Waals surface area contributed by atoms with Crippen molar-refractivity contribution in [1.82, 2.24) is 4.90 Å². The van der Waals surface area contributed by atoms with Crippen molar-refractivity contribution in [3.8, 4) is 0 Å². The summed E-state index contributed by atoms with van der Waals surface area (Å²) in [5, 5.41) is 0. The molecule has 2 atom stereocenters. The fourth-order valence-electron chi connectivity index (χ4n) is 6.17. The van der Waals surface area contributed by atoms with Crippen LogP contribution in [-0.2, 0) is 9.47 Å². The zero-order chi connectivity index (χ0) is 30.4. The van der Waals surface area contributed by atoms with Gasteiger partial charge in [0.05, 0.1) is 12.7 Å². The summed E-state index contributed by atoms with van der Waals surface area (Å²) in [6.45, 7) is 6.43. The second-order valence-corrected chi connectivity index (χ2v) is 13.5. The number of allylic oxidation sites excluding steroid dienone is 4. The standard InChI is InChI=1S/C39H75NO2/c1-5-7-9-11-13-15-17-19-20-21-22-24-26-28-30-32-35-39(41-37-38(42-39)33-36-40(3)4)34-31-29-27-25-23-18-16-14-12-10-8-6-2/h13,15,19-20,38H,5-12,14,16-18,21-37H2,1-4H3. The molecule has 0 bridgehead atoms. The lowest BCUT2D eigenvalue weighted by Gasteiger charge is -2.29. The smallest absolute Gasteiger partial charge is 0.168 e. The van der Waals surface area contributed by atoms with E-state index in [1.165, 1.54) is 148 Å². The summed E-state index contributed by atoms with van der Waals surface area (Å²) in [6.07, 6.45) is 45.3. The van der Waals surface area contributed by atoms with E-state index in [0.717, 1.165) is 38.8 Å². The fraction of sp³-hybridized carbons (Fsp3) is 0.897. The molecule has 0 aliphatic carbocycles. The summed E-state index contributed by atoms with van der Waals surface area (Å²) in [6, 6.07) is 0. The van der Waals surface area contributed by atoms with E-state index in [2.05, 4.69) is 57.1 Å². The summed E-state index contributed by atoms with van der Waals surface area (Å²) in [4.78, 5) is 2.26. The summed E-state index contributed by atoms with van der Waals surface area (Å²) >= 11 is 0. The number of ether oxygens (including phenoxy) is 2. The molecule has 1 saturated heterocycles. The van der Waals surface area contributed by atoms with Crippen molar-refractivity contribution >= 4 is 0 Å². The Morgan fingerprint density at radius 1 is 0.571 bits per heavy atom. The minimum Gasteiger partial charge on any atom is -0.347 e. The summed E-state index contributed by atoms with van der Waals surface area (Å²) in [5.41, 5.74) is 0. The van der Waals surface area contributed by atoms with Crippen LogP contribution in [0.1, 0.15) is 187 Å². The van der Waals surface area contributed by atoms with Gasteiger partial charge in [0, 0.05) is 19.4 Å². The molecule has 3 heteroatoms. The molecule has 1 fully saturated rings. The normalized spacial score (nSPS) is 19.3. The third-order valence-corrected chi connectivity index (χ3v) is 8.98. The van der Waals surface area contributed by atoms with Crippen LogP contribution in [0.15, 0.2) is 24.3 Å². The van der Waals surface area contributed by atoms with Crippen LogP contribution in [0.25, 0.3) is 0 Å². The Kier molecular flexibility index (Phi) is 27.3. The molecule has 0 aromatic rings. The molecule has 1 aliphatic rings. The van der Waals surface area contributed by atoms with Crippen LogP contribution in [0, 0.1) is 0 Å². The first-order valence-electron chi connectivity index (χ1n) is 18.9. The van der Waals surface area contributed by atoms with E-state index < -0.39 is 0 Å². The molecule has 0 spiro atoms. The predicted molar refractivity (Wildman–Crippen MR) is 186 cm³/mol. The van der Waals surface area contributed by atoms with Gasteiger partial charge in [-0.1, -0.05) is 147 Å². The number of hydrogen-bond donors (Lipinski definition) is 0. The Hall–Kier alpha value is -0.640. The summed E-state index contributed by atoms with van der Waals surface area (Å²) in [5.74, 6) is -0.301. The van der Waals surface area contributed by atoms with Gasteiger partial charge in [0.15, 0.2) is 5.79 Å². The molecule has 0 amide bonds. The monoisotopic (exact) mass is 590 g/mol. The molecule has 0 aromatic heterocycles. The van der Waals surface area contributed by atoms with Crippen LogP contribution < -0.4 is 0 Å². The summed E-state index contributed by atoms with van der Waals surface area (Å²) < 4.78 is 13.1. The Morgan fingerprint density at radius 2 is 1.00 bits per heavy atom. The third kappa shape index (κ3) is 23.8. The van der Waals surface area contributed by atoms with E-state index in [4.69, 9.17) is 9.47 Å². The zero-order valence-corrected chi connectivity index (χ0v) is 29.2. The maximum absolute atomic E-state index is 6.66.